The highest BCUT2D eigenvalue weighted by Gasteiger charge is 2.46. The van der Waals surface area contributed by atoms with Crippen molar-refractivity contribution in [3.8, 4) is 0 Å². The van der Waals surface area contributed by atoms with Crippen LogP contribution in [0, 0.1) is 4.91 Å². The minimum Gasteiger partial charge on any atom is -0.288 e. The SMILES string of the molecule is CN1C(=[NH2+])C(N=O)C(=O)N(C)C1=O. The summed E-state index contributed by atoms with van der Waals surface area (Å²) in [4.78, 5) is 34.5. The number of rotatable bonds is 1. The lowest BCUT2D eigenvalue weighted by molar-refractivity contribution is -0.142. The normalized spacial score (nSPS) is 23.8. The van der Waals surface area contributed by atoms with Crippen LogP contribution in [0.3, 0.4) is 0 Å². The van der Waals surface area contributed by atoms with E-state index in [1.54, 1.807) is 0 Å². The second kappa shape index (κ2) is 2.92. The number of nitrogens with zero attached hydrogens (tertiary/aromatic N) is 3. The molecule has 0 radical (unpaired) electrons. The van der Waals surface area contributed by atoms with Crippen molar-refractivity contribution in [3.05, 3.63) is 4.91 Å². The van der Waals surface area contributed by atoms with E-state index in [9.17, 15) is 14.5 Å². The van der Waals surface area contributed by atoms with E-state index in [1.807, 2.05) is 0 Å². The molecule has 1 aliphatic rings. The molecule has 2 N–H and O–H groups in total. The standard InChI is InChI=1S/C6H8N4O3/c1-9-4(7)3(8-13)5(11)10(2)6(9)12/h3,7H,1-2H3/p+1. The Morgan fingerprint density at radius 3 is 2.31 bits per heavy atom. The fourth-order valence-corrected chi connectivity index (χ4v) is 1.02. The van der Waals surface area contributed by atoms with E-state index in [-0.39, 0.29) is 5.84 Å². The van der Waals surface area contributed by atoms with E-state index < -0.39 is 18.0 Å². The average molecular weight is 185 g/mol. The van der Waals surface area contributed by atoms with Crippen molar-refractivity contribution >= 4 is 17.8 Å². The summed E-state index contributed by atoms with van der Waals surface area (Å²) in [6.45, 7) is 0. The zero-order valence-corrected chi connectivity index (χ0v) is 7.22. The van der Waals surface area contributed by atoms with Crippen LogP contribution in [0.25, 0.3) is 0 Å². The molecule has 0 aliphatic carbocycles. The van der Waals surface area contributed by atoms with E-state index in [1.165, 1.54) is 14.1 Å². The summed E-state index contributed by atoms with van der Waals surface area (Å²) in [5, 5.41) is 7.90. The summed E-state index contributed by atoms with van der Waals surface area (Å²) >= 11 is 0. The van der Waals surface area contributed by atoms with Gasteiger partial charge in [-0.1, -0.05) is 0 Å². The molecule has 0 aromatic heterocycles. The van der Waals surface area contributed by atoms with Crippen molar-refractivity contribution in [1.29, 1.82) is 0 Å². The molecule has 1 fully saturated rings. The zero-order chi connectivity index (χ0) is 10.2. The van der Waals surface area contributed by atoms with Crippen LogP contribution in [0.4, 0.5) is 4.79 Å². The Labute approximate surface area is 73.8 Å². The smallest absolute Gasteiger partial charge is 0.288 e. The van der Waals surface area contributed by atoms with Crippen LogP contribution < -0.4 is 5.41 Å². The van der Waals surface area contributed by atoms with Crippen LogP contribution >= 0.6 is 0 Å². The van der Waals surface area contributed by atoms with E-state index in [0.717, 1.165) is 9.80 Å². The molecular formula is C6H9N4O3+. The predicted octanol–water partition coefficient (Wildman–Crippen LogP) is -2.20. The summed E-state index contributed by atoms with van der Waals surface area (Å²) in [7, 11) is 2.64. The second-order valence-electron chi connectivity index (χ2n) is 2.67. The highest BCUT2D eigenvalue weighted by Crippen LogP contribution is 2.09. The van der Waals surface area contributed by atoms with Gasteiger partial charge >= 0.3 is 6.03 Å². The number of carbonyl (C=O) groups is 2. The van der Waals surface area contributed by atoms with Crippen molar-refractivity contribution < 1.29 is 15.0 Å². The Morgan fingerprint density at radius 2 is 1.85 bits per heavy atom. The molecule has 3 amide bonds. The number of carbonyl (C=O) groups excluding carboxylic acids is 2. The van der Waals surface area contributed by atoms with Crippen LogP contribution in [0.5, 0.6) is 0 Å². The second-order valence-corrected chi connectivity index (χ2v) is 2.67. The molecule has 0 bridgehead atoms. The van der Waals surface area contributed by atoms with Gasteiger partial charge in [0, 0.05) is 7.05 Å². The molecular weight excluding hydrogens is 176 g/mol. The fourth-order valence-electron chi connectivity index (χ4n) is 1.02. The fraction of sp³-hybridized carbons (Fsp3) is 0.500. The first-order valence-corrected chi connectivity index (χ1v) is 3.50. The van der Waals surface area contributed by atoms with Gasteiger partial charge in [-0.05, 0) is 5.18 Å². The summed E-state index contributed by atoms with van der Waals surface area (Å²) < 4.78 is 0. The van der Waals surface area contributed by atoms with Gasteiger partial charge in [0.1, 0.15) is 0 Å². The maximum atomic E-state index is 11.2. The molecule has 0 aromatic carbocycles. The first kappa shape index (κ1) is 9.30. The Bertz CT molecular complexity index is 276. The Balaban J connectivity index is 3.05. The van der Waals surface area contributed by atoms with Gasteiger partial charge in [-0.15, -0.1) is 4.91 Å². The minimum absolute atomic E-state index is 0.136. The van der Waals surface area contributed by atoms with E-state index in [0.29, 0.717) is 0 Å². The van der Waals surface area contributed by atoms with Crippen LogP contribution in [0.1, 0.15) is 0 Å². The van der Waals surface area contributed by atoms with Crippen LogP contribution in [-0.2, 0) is 4.79 Å². The topological polar surface area (TPSA) is 95.6 Å². The lowest BCUT2D eigenvalue weighted by Gasteiger charge is -2.25. The average Bonchev–Trinajstić information content (AvgIpc) is 2.13. The Kier molecular flexibility index (Phi) is 2.09. The number of amidine groups is 1. The number of amides is 3. The van der Waals surface area contributed by atoms with Crippen molar-refractivity contribution in [1.82, 2.24) is 9.80 Å². The molecule has 7 heteroatoms. The third-order valence-corrected chi connectivity index (χ3v) is 1.91. The van der Waals surface area contributed by atoms with Crippen molar-refractivity contribution in [2.45, 2.75) is 6.04 Å². The lowest BCUT2D eigenvalue weighted by Crippen LogP contribution is -2.67. The number of hydrogen-bond acceptors (Lipinski definition) is 4. The number of nitroso groups, excluding NO2 is 1. The monoisotopic (exact) mass is 185 g/mol. The van der Waals surface area contributed by atoms with E-state index in [2.05, 4.69) is 5.18 Å². The summed E-state index contributed by atoms with van der Waals surface area (Å²) in [6.07, 6.45) is 0. The summed E-state index contributed by atoms with van der Waals surface area (Å²) in [5.74, 6) is -0.835. The number of nitrogens with two attached hydrogens (primary N) is 1. The molecule has 1 aliphatic heterocycles. The third-order valence-electron chi connectivity index (χ3n) is 1.91. The number of likely N-dealkylation sites (N-methyl/N-ethyl adjacent to an activating group) is 2. The first-order valence-electron chi connectivity index (χ1n) is 3.50. The van der Waals surface area contributed by atoms with Crippen LogP contribution in [0.2, 0.25) is 0 Å². The number of urea groups is 1. The van der Waals surface area contributed by atoms with Gasteiger partial charge in [0.05, 0.1) is 7.05 Å². The van der Waals surface area contributed by atoms with Crippen LogP contribution in [-0.4, -0.2) is 47.7 Å². The largest absolute Gasteiger partial charge is 0.417 e. The number of imide groups is 1. The van der Waals surface area contributed by atoms with Crippen molar-refractivity contribution in [2.75, 3.05) is 14.1 Å². The predicted molar refractivity (Wildman–Crippen MR) is 42.4 cm³/mol. The van der Waals surface area contributed by atoms with E-state index >= 15 is 0 Å². The molecule has 1 atom stereocenters. The van der Waals surface area contributed by atoms with Gasteiger partial charge in [-0.25, -0.2) is 9.69 Å². The molecule has 1 rings (SSSR count). The molecule has 0 saturated carbocycles. The lowest BCUT2D eigenvalue weighted by atomic mass is 10.2. The van der Waals surface area contributed by atoms with Gasteiger partial charge in [0.25, 0.3) is 17.8 Å². The molecule has 7 nitrogen and oxygen atoms in total. The quantitative estimate of drug-likeness (QED) is 0.469. The highest BCUT2D eigenvalue weighted by atomic mass is 16.3. The molecule has 1 unspecified atom stereocenters. The Hall–Kier alpha value is -1.79. The maximum Gasteiger partial charge on any atom is 0.417 e. The zero-order valence-electron chi connectivity index (χ0n) is 7.22. The minimum atomic E-state index is -1.28. The third kappa shape index (κ3) is 1.17. The van der Waals surface area contributed by atoms with Gasteiger partial charge in [-0.3, -0.25) is 10.2 Å². The Morgan fingerprint density at radius 1 is 1.31 bits per heavy atom. The molecule has 70 valence electrons. The summed E-state index contributed by atoms with van der Waals surface area (Å²) in [6, 6.07) is -1.85. The van der Waals surface area contributed by atoms with Crippen LogP contribution in [0.15, 0.2) is 5.18 Å². The first-order chi connectivity index (χ1) is 6.00. The van der Waals surface area contributed by atoms with Gasteiger partial charge in [0.2, 0.25) is 0 Å². The van der Waals surface area contributed by atoms with Gasteiger partial charge in [-0.2, -0.15) is 4.90 Å². The maximum absolute atomic E-state index is 11.2. The highest BCUT2D eigenvalue weighted by molar-refractivity contribution is 6.18. The van der Waals surface area contributed by atoms with Gasteiger partial charge < -0.3 is 0 Å². The number of hydrogen-bond donors (Lipinski definition) is 1. The van der Waals surface area contributed by atoms with Crippen molar-refractivity contribution in [2.24, 2.45) is 5.18 Å². The molecule has 13 heavy (non-hydrogen) atoms. The summed E-state index contributed by atoms with van der Waals surface area (Å²) in [5.41, 5.74) is 0. The van der Waals surface area contributed by atoms with Gasteiger partial charge in [0.15, 0.2) is 0 Å². The molecule has 1 saturated heterocycles. The molecule has 0 aromatic rings. The van der Waals surface area contributed by atoms with Crippen molar-refractivity contribution in [3.63, 3.8) is 0 Å². The molecule has 0 spiro atoms. The van der Waals surface area contributed by atoms with E-state index in [4.69, 9.17) is 5.41 Å². The molecule has 1 heterocycles.